The zero-order valence-corrected chi connectivity index (χ0v) is 5.69. The molecule has 3 heteroatoms. The lowest BCUT2D eigenvalue weighted by Crippen LogP contribution is -2.39. The molecule has 0 aliphatic rings. The molecule has 0 aromatic carbocycles. The molecule has 0 amide bonds. The molecule has 9 heavy (non-hydrogen) atoms. The van der Waals surface area contributed by atoms with E-state index in [1.54, 1.807) is 13.8 Å². The summed E-state index contributed by atoms with van der Waals surface area (Å²) in [4.78, 5) is 0. The molecule has 0 radical (unpaired) electrons. The van der Waals surface area contributed by atoms with Gasteiger partial charge in [0.25, 0.3) is 0 Å². The normalized spacial score (nSPS) is 12.7. The first-order valence-electron chi connectivity index (χ1n) is 2.91. The largest absolute Gasteiger partial charge is 0.384 e. The van der Waals surface area contributed by atoms with Crippen molar-refractivity contribution in [2.24, 2.45) is 5.92 Å². The van der Waals surface area contributed by atoms with Crippen molar-refractivity contribution >= 4 is 0 Å². The molecule has 0 saturated carbocycles. The minimum Gasteiger partial charge on any atom is -0.384 e. The van der Waals surface area contributed by atoms with Crippen LogP contribution in [-0.2, 0) is 0 Å². The number of halogens is 2. The third kappa shape index (κ3) is 1.90. The average molecular weight is 138 g/mol. The fourth-order valence-corrected chi connectivity index (χ4v) is 0.344. The third-order valence-electron chi connectivity index (χ3n) is 1.54. The highest BCUT2D eigenvalue weighted by atomic mass is 19.1. The van der Waals surface area contributed by atoms with E-state index in [1.807, 2.05) is 0 Å². The summed E-state index contributed by atoms with van der Waals surface area (Å²) in [5, 5.41) is 8.96. The van der Waals surface area contributed by atoms with E-state index in [-0.39, 0.29) is 5.92 Å². The van der Waals surface area contributed by atoms with Crippen molar-refractivity contribution in [2.45, 2.75) is 19.4 Å². The Morgan fingerprint density at radius 1 is 1.33 bits per heavy atom. The molecule has 0 aromatic rings. The van der Waals surface area contributed by atoms with Crippen molar-refractivity contribution in [1.29, 1.82) is 0 Å². The molecule has 0 atom stereocenters. The van der Waals surface area contributed by atoms with Crippen molar-refractivity contribution in [3.05, 3.63) is 0 Å². The first-order chi connectivity index (χ1) is 4.06. The molecule has 0 aliphatic heterocycles. The maximum atomic E-state index is 11.8. The van der Waals surface area contributed by atoms with Gasteiger partial charge in [-0.1, -0.05) is 13.8 Å². The molecule has 0 unspecified atom stereocenters. The Morgan fingerprint density at radius 2 is 1.67 bits per heavy atom. The standard InChI is InChI=1S/C6H12F2O/c1-5(2)6(9,3-7)4-8/h5,9H,3-4H2,1-2H3. The highest BCUT2D eigenvalue weighted by Crippen LogP contribution is 2.17. The molecule has 0 aliphatic carbocycles. The van der Waals surface area contributed by atoms with Gasteiger partial charge in [-0.25, -0.2) is 8.78 Å². The van der Waals surface area contributed by atoms with Crippen LogP contribution in [0.15, 0.2) is 0 Å². The van der Waals surface area contributed by atoms with Gasteiger partial charge in [-0.2, -0.15) is 0 Å². The summed E-state index contributed by atoms with van der Waals surface area (Å²) >= 11 is 0. The molecule has 56 valence electrons. The number of rotatable bonds is 3. The van der Waals surface area contributed by atoms with Crippen molar-refractivity contribution in [3.8, 4) is 0 Å². The summed E-state index contributed by atoms with van der Waals surface area (Å²) in [5.41, 5.74) is -1.75. The second-order valence-corrected chi connectivity index (χ2v) is 2.53. The van der Waals surface area contributed by atoms with Gasteiger partial charge in [0, 0.05) is 0 Å². The maximum Gasteiger partial charge on any atom is 0.123 e. The lowest BCUT2D eigenvalue weighted by Gasteiger charge is -2.24. The monoisotopic (exact) mass is 138 g/mol. The predicted molar refractivity (Wildman–Crippen MR) is 31.7 cm³/mol. The lowest BCUT2D eigenvalue weighted by molar-refractivity contribution is -0.0445. The quantitative estimate of drug-likeness (QED) is 0.623. The molecule has 0 heterocycles. The molecule has 0 fully saturated rings. The SMILES string of the molecule is CC(C)C(O)(CF)CF. The highest BCUT2D eigenvalue weighted by molar-refractivity contribution is 4.79. The van der Waals surface area contributed by atoms with Crippen molar-refractivity contribution in [1.82, 2.24) is 0 Å². The van der Waals surface area contributed by atoms with Crippen LogP contribution in [-0.4, -0.2) is 24.1 Å². The fourth-order valence-electron chi connectivity index (χ4n) is 0.344. The smallest absolute Gasteiger partial charge is 0.123 e. The van der Waals surface area contributed by atoms with E-state index in [0.717, 1.165) is 0 Å². The van der Waals surface area contributed by atoms with Crippen molar-refractivity contribution in [3.63, 3.8) is 0 Å². The summed E-state index contributed by atoms with van der Waals surface area (Å²) in [6.07, 6.45) is 0. The van der Waals surface area contributed by atoms with Crippen LogP contribution in [0.4, 0.5) is 8.78 Å². The van der Waals surface area contributed by atoms with Gasteiger partial charge in [0.15, 0.2) is 0 Å². The Hall–Kier alpha value is -0.180. The van der Waals surface area contributed by atoms with Crippen LogP contribution < -0.4 is 0 Å². The van der Waals surface area contributed by atoms with Crippen LogP contribution in [0.5, 0.6) is 0 Å². The average Bonchev–Trinajstić information content (AvgIpc) is 1.86. The third-order valence-corrected chi connectivity index (χ3v) is 1.54. The van der Waals surface area contributed by atoms with Gasteiger partial charge in [-0.05, 0) is 5.92 Å². The Kier molecular flexibility index (Phi) is 3.04. The minimum absolute atomic E-state index is 0.368. The van der Waals surface area contributed by atoms with E-state index < -0.39 is 19.0 Å². The summed E-state index contributed by atoms with van der Waals surface area (Å²) in [6.45, 7) is 1.14. The summed E-state index contributed by atoms with van der Waals surface area (Å²) in [5.74, 6) is -0.368. The molecular weight excluding hydrogens is 126 g/mol. The Bertz CT molecular complexity index is 79.1. The lowest BCUT2D eigenvalue weighted by atomic mass is 9.93. The van der Waals surface area contributed by atoms with Crippen LogP contribution in [0, 0.1) is 5.92 Å². The van der Waals surface area contributed by atoms with Crippen LogP contribution >= 0.6 is 0 Å². The first kappa shape index (κ1) is 8.82. The number of alkyl halides is 2. The number of hydrogen-bond acceptors (Lipinski definition) is 1. The van der Waals surface area contributed by atoms with Crippen LogP contribution in [0.3, 0.4) is 0 Å². The Balaban J connectivity index is 3.92. The van der Waals surface area contributed by atoms with Crippen LogP contribution in [0.25, 0.3) is 0 Å². The zero-order valence-electron chi connectivity index (χ0n) is 5.69. The van der Waals surface area contributed by atoms with Gasteiger partial charge in [-0.15, -0.1) is 0 Å². The highest BCUT2D eigenvalue weighted by Gasteiger charge is 2.30. The van der Waals surface area contributed by atoms with Gasteiger partial charge in [-0.3, -0.25) is 0 Å². The molecule has 1 N–H and O–H groups in total. The number of hydrogen-bond donors (Lipinski definition) is 1. The van der Waals surface area contributed by atoms with E-state index in [2.05, 4.69) is 0 Å². The second-order valence-electron chi connectivity index (χ2n) is 2.53. The number of aliphatic hydroxyl groups is 1. The van der Waals surface area contributed by atoms with Crippen LogP contribution in [0.1, 0.15) is 13.8 Å². The van der Waals surface area contributed by atoms with Crippen molar-refractivity contribution in [2.75, 3.05) is 13.3 Å². The summed E-state index contributed by atoms with van der Waals surface area (Å²) < 4.78 is 23.6. The van der Waals surface area contributed by atoms with Gasteiger partial charge in [0.2, 0.25) is 0 Å². The maximum absolute atomic E-state index is 11.8. The zero-order chi connectivity index (χ0) is 7.49. The van der Waals surface area contributed by atoms with Gasteiger partial charge in [0.05, 0.1) is 0 Å². The molecule has 0 rings (SSSR count). The molecule has 0 aromatic heterocycles. The van der Waals surface area contributed by atoms with Crippen molar-refractivity contribution < 1.29 is 13.9 Å². The van der Waals surface area contributed by atoms with Crippen LogP contribution in [0.2, 0.25) is 0 Å². The summed E-state index contributed by atoms with van der Waals surface area (Å²) in [7, 11) is 0. The molecule has 0 saturated heterocycles. The van der Waals surface area contributed by atoms with E-state index >= 15 is 0 Å². The predicted octanol–water partition coefficient (Wildman–Crippen LogP) is 1.31. The summed E-state index contributed by atoms with van der Waals surface area (Å²) in [6, 6.07) is 0. The van der Waals surface area contributed by atoms with E-state index in [0.29, 0.717) is 0 Å². The van der Waals surface area contributed by atoms with E-state index in [9.17, 15) is 8.78 Å². The molecule has 1 nitrogen and oxygen atoms in total. The Labute approximate surface area is 53.7 Å². The Morgan fingerprint density at radius 3 is 1.67 bits per heavy atom. The van der Waals surface area contributed by atoms with Gasteiger partial charge in [0.1, 0.15) is 19.0 Å². The second kappa shape index (κ2) is 3.11. The molecule has 0 spiro atoms. The fraction of sp³-hybridized carbons (Fsp3) is 1.00. The topological polar surface area (TPSA) is 20.2 Å². The van der Waals surface area contributed by atoms with Gasteiger partial charge < -0.3 is 5.11 Å². The molecular formula is C6H12F2O. The van der Waals surface area contributed by atoms with Gasteiger partial charge >= 0.3 is 0 Å². The van der Waals surface area contributed by atoms with E-state index in [1.165, 1.54) is 0 Å². The first-order valence-corrected chi connectivity index (χ1v) is 2.91. The molecule has 0 bridgehead atoms. The van der Waals surface area contributed by atoms with E-state index in [4.69, 9.17) is 5.11 Å². The minimum atomic E-state index is -1.75.